The van der Waals surface area contributed by atoms with Crippen molar-refractivity contribution in [2.45, 2.75) is 32.9 Å². The maximum atomic E-state index is 13.1. The molecule has 31 heavy (non-hydrogen) atoms. The van der Waals surface area contributed by atoms with E-state index in [1.54, 1.807) is 44.4 Å². The second-order valence-electron chi connectivity index (χ2n) is 7.25. The van der Waals surface area contributed by atoms with Crippen LogP contribution in [0.1, 0.15) is 31.0 Å². The summed E-state index contributed by atoms with van der Waals surface area (Å²) in [6, 6.07) is 8.97. The van der Waals surface area contributed by atoms with Crippen LogP contribution in [0, 0.1) is 6.92 Å². The Kier molecular flexibility index (Phi) is 7.78. The smallest absolute Gasteiger partial charge is 0.244 e. The third-order valence-corrected chi connectivity index (χ3v) is 6.15. The normalized spacial score (nSPS) is 13.1. The van der Waals surface area contributed by atoms with Gasteiger partial charge in [-0.15, -0.1) is 0 Å². The van der Waals surface area contributed by atoms with Crippen molar-refractivity contribution in [1.29, 1.82) is 0 Å². The lowest BCUT2D eigenvalue weighted by atomic mass is 10.1. The first kappa shape index (κ1) is 24.3. The van der Waals surface area contributed by atoms with Crippen LogP contribution < -0.4 is 23.8 Å². The highest BCUT2D eigenvalue weighted by atomic mass is 32.2. The number of sulfonamides is 1. The number of nitrogens with one attached hydrogen (secondary N) is 1. The maximum absolute atomic E-state index is 13.1. The van der Waals surface area contributed by atoms with Gasteiger partial charge in [0, 0.05) is 5.56 Å². The molecule has 0 aliphatic rings. The van der Waals surface area contributed by atoms with E-state index >= 15 is 0 Å². The molecule has 0 spiro atoms. The predicted octanol–water partition coefficient (Wildman–Crippen LogP) is 3.05. The zero-order chi connectivity index (χ0) is 23.3. The predicted molar refractivity (Wildman–Crippen MR) is 121 cm³/mol. The Hall–Kier alpha value is -2.94. The number of carbonyl (C=O) groups is 1. The van der Waals surface area contributed by atoms with Gasteiger partial charge in [0.05, 0.1) is 39.3 Å². The first-order valence-electron chi connectivity index (χ1n) is 9.69. The van der Waals surface area contributed by atoms with E-state index in [1.807, 2.05) is 13.0 Å². The van der Waals surface area contributed by atoms with E-state index in [9.17, 15) is 13.2 Å². The zero-order valence-corrected chi connectivity index (χ0v) is 19.7. The number of hydrogen-bond donors (Lipinski definition) is 1. The molecule has 2 aromatic rings. The monoisotopic (exact) mass is 450 g/mol. The molecule has 0 unspecified atom stereocenters. The summed E-state index contributed by atoms with van der Waals surface area (Å²) in [7, 11) is 0.758. The molecule has 0 aromatic heterocycles. The SMILES string of the molecule is COc1ccc(OC)c([C@H](C)NC(=O)[C@@H](C)N(c2cc(C)ccc2OC)S(C)(=O)=O)c1. The van der Waals surface area contributed by atoms with Crippen LogP contribution in [-0.2, 0) is 14.8 Å². The number of rotatable bonds is 9. The average molecular weight is 451 g/mol. The minimum atomic E-state index is -3.79. The molecule has 170 valence electrons. The van der Waals surface area contributed by atoms with Crippen molar-refractivity contribution in [3.63, 3.8) is 0 Å². The summed E-state index contributed by atoms with van der Waals surface area (Å²) in [5.74, 6) is 1.10. The van der Waals surface area contributed by atoms with E-state index in [0.29, 0.717) is 28.5 Å². The summed E-state index contributed by atoms with van der Waals surface area (Å²) in [6.45, 7) is 5.17. The number of hydrogen-bond acceptors (Lipinski definition) is 6. The first-order chi connectivity index (χ1) is 14.5. The Labute approximate surface area is 184 Å². The van der Waals surface area contributed by atoms with Crippen LogP contribution in [0.2, 0.25) is 0 Å². The van der Waals surface area contributed by atoms with Gasteiger partial charge in [-0.25, -0.2) is 8.42 Å². The Morgan fingerprint density at radius 3 is 2.13 bits per heavy atom. The molecule has 8 nitrogen and oxygen atoms in total. The van der Waals surface area contributed by atoms with Gasteiger partial charge in [-0.3, -0.25) is 9.10 Å². The molecule has 1 N–H and O–H groups in total. The molecule has 0 aliphatic heterocycles. The topological polar surface area (TPSA) is 94.2 Å². The van der Waals surface area contributed by atoms with Crippen molar-refractivity contribution in [1.82, 2.24) is 5.32 Å². The summed E-state index contributed by atoms with van der Waals surface area (Å²) in [4.78, 5) is 13.1. The van der Waals surface area contributed by atoms with Crippen molar-refractivity contribution >= 4 is 21.6 Å². The summed E-state index contributed by atoms with van der Waals surface area (Å²) in [5, 5.41) is 2.87. The van der Waals surface area contributed by atoms with E-state index in [0.717, 1.165) is 16.1 Å². The highest BCUT2D eigenvalue weighted by Gasteiger charge is 2.32. The van der Waals surface area contributed by atoms with Crippen molar-refractivity contribution in [2.75, 3.05) is 31.9 Å². The fourth-order valence-corrected chi connectivity index (χ4v) is 4.51. The van der Waals surface area contributed by atoms with Crippen LogP contribution in [-0.4, -0.2) is 48.0 Å². The van der Waals surface area contributed by atoms with Gasteiger partial charge in [0.2, 0.25) is 15.9 Å². The number of amides is 1. The van der Waals surface area contributed by atoms with Gasteiger partial charge in [0.25, 0.3) is 0 Å². The van der Waals surface area contributed by atoms with E-state index in [1.165, 1.54) is 21.1 Å². The summed E-state index contributed by atoms with van der Waals surface area (Å²) < 4.78 is 42.4. The fourth-order valence-electron chi connectivity index (χ4n) is 3.34. The van der Waals surface area contributed by atoms with Gasteiger partial charge in [-0.2, -0.15) is 0 Å². The van der Waals surface area contributed by atoms with Gasteiger partial charge in [0.15, 0.2) is 0 Å². The minimum absolute atomic E-state index is 0.305. The highest BCUT2D eigenvalue weighted by Crippen LogP contribution is 2.33. The second-order valence-corrected chi connectivity index (χ2v) is 9.11. The first-order valence-corrected chi connectivity index (χ1v) is 11.5. The lowest BCUT2D eigenvalue weighted by Gasteiger charge is -2.30. The van der Waals surface area contributed by atoms with Gasteiger partial charge in [-0.1, -0.05) is 6.07 Å². The van der Waals surface area contributed by atoms with Gasteiger partial charge < -0.3 is 19.5 Å². The van der Waals surface area contributed by atoms with Crippen LogP contribution >= 0.6 is 0 Å². The van der Waals surface area contributed by atoms with Gasteiger partial charge in [0.1, 0.15) is 23.3 Å². The number of nitrogens with zero attached hydrogens (tertiary/aromatic N) is 1. The molecule has 9 heteroatoms. The second kappa shape index (κ2) is 9.91. The van der Waals surface area contributed by atoms with Crippen molar-refractivity contribution < 1.29 is 27.4 Å². The third-order valence-electron chi connectivity index (χ3n) is 4.92. The molecule has 0 bridgehead atoms. The summed E-state index contributed by atoms with van der Waals surface area (Å²) in [6.07, 6.45) is 1.06. The van der Waals surface area contributed by atoms with Crippen LogP contribution in [0.15, 0.2) is 36.4 Å². The van der Waals surface area contributed by atoms with E-state index < -0.39 is 28.0 Å². The highest BCUT2D eigenvalue weighted by molar-refractivity contribution is 7.92. The molecule has 0 heterocycles. The minimum Gasteiger partial charge on any atom is -0.497 e. The van der Waals surface area contributed by atoms with Gasteiger partial charge >= 0.3 is 0 Å². The fraction of sp³-hybridized carbons (Fsp3) is 0.409. The largest absolute Gasteiger partial charge is 0.497 e. The molecule has 0 saturated carbocycles. The van der Waals surface area contributed by atoms with Crippen LogP contribution in [0.4, 0.5) is 5.69 Å². The zero-order valence-electron chi connectivity index (χ0n) is 18.9. The Balaban J connectivity index is 2.38. The van der Waals surface area contributed by atoms with Crippen molar-refractivity contribution in [2.24, 2.45) is 0 Å². The average Bonchev–Trinajstić information content (AvgIpc) is 2.72. The van der Waals surface area contributed by atoms with Crippen molar-refractivity contribution in [3.8, 4) is 17.2 Å². The molecule has 2 atom stereocenters. The van der Waals surface area contributed by atoms with E-state index in [2.05, 4.69) is 5.32 Å². The molecule has 0 fully saturated rings. The molecular formula is C22H30N2O6S. The number of carbonyl (C=O) groups excluding carboxylic acids is 1. The number of aryl methyl sites for hydroxylation is 1. The lowest BCUT2D eigenvalue weighted by molar-refractivity contribution is -0.122. The molecular weight excluding hydrogens is 420 g/mol. The summed E-state index contributed by atoms with van der Waals surface area (Å²) in [5.41, 5.74) is 1.85. The van der Waals surface area contributed by atoms with E-state index in [-0.39, 0.29) is 0 Å². The molecule has 0 saturated heterocycles. The maximum Gasteiger partial charge on any atom is 0.244 e. The van der Waals surface area contributed by atoms with Crippen LogP contribution in [0.25, 0.3) is 0 Å². The number of anilines is 1. The van der Waals surface area contributed by atoms with E-state index in [4.69, 9.17) is 14.2 Å². The standard InChI is InChI=1S/C22H30N2O6S/c1-14-8-10-21(30-6)19(12-14)24(31(7,26)27)16(3)22(25)23-15(2)18-13-17(28-4)9-11-20(18)29-5/h8-13,15-16H,1-7H3,(H,23,25)/t15-,16+/m0/s1. The van der Waals surface area contributed by atoms with Gasteiger partial charge in [-0.05, 0) is 56.7 Å². The number of methoxy groups -OCH3 is 3. The molecule has 0 radical (unpaired) electrons. The quantitative estimate of drug-likeness (QED) is 0.631. The van der Waals surface area contributed by atoms with Crippen LogP contribution in [0.5, 0.6) is 17.2 Å². The summed E-state index contributed by atoms with van der Waals surface area (Å²) >= 11 is 0. The van der Waals surface area contributed by atoms with Crippen LogP contribution in [0.3, 0.4) is 0 Å². The Bertz CT molecular complexity index is 1040. The molecule has 2 rings (SSSR count). The Morgan fingerprint density at radius 1 is 0.968 bits per heavy atom. The Morgan fingerprint density at radius 2 is 1.58 bits per heavy atom. The molecule has 2 aromatic carbocycles. The third kappa shape index (κ3) is 5.61. The van der Waals surface area contributed by atoms with Crippen molar-refractivity contribution in [3.05, 3.63) is 47.5 Å². The lowest BCUT2D eigenvalue weighted by Crippen LogP contribution is -2.48. The molecule has 1 amide bonds. The molecule has 0 aliphatic carbocycles. The number of ether oxygens (including phenoxy) is 3. The number of benzene rings is 2.